The molecule has 0 saturated heterocycles. The first-order chi connectivity index (χ1) is 9.06. The first kappa shape index (κ1) is 15.1. The maximum absolute atomic E-state index is 4.09. The van der Waals surface area contributed by atoms with Crippen molar-refractivity contribution in [2.75, 3.05) is 0 Å². The average Bonchev–Trinajstić information content (AvgIpc) is 2.38. The number of hydrogen-bond acceptors (Lipinski definition) is 0. The monoisotopic (exact) mass is 250 g/mol. The summed E-state index contributed by atoms with van der Waals surface area (Å²) in [7, 11) is 0. The fourth-order valence-corrected chi connectivity index (χ4v) is 1.89. The van der Waals surface area contributed by atoms with E-state index in [4.69, 9.17) is 0 Å². The van der Waals surface area contributed by atoms with E-state index in [1.807, 2.05) is 13.0 Å². The third kappa shape index (κ3) is 4.64. The predicted molar refractivity (Wildman–Crippen MR) is 85.0 cm³/mol. The zero-order valence-corrected chi connectivity index (χ0v) is 12.4. The fraction of sp³-hybridized carbons (Fsp3) is 0.263. The van der Waals surface area contributed by atoms with Gasteiger partial charge in [-0.3, -0.25) is 0 Å². The Balaban J connectivity index is 3.14. The molecule has 0 aliphatic rings. The Morgan fingerprint density at radius 1 is 1.26 bits per heavy atom. The van der Waals surface area contributed by atoms with Gasteiger partial charge < -0.3 is 0 Å². The van der Waals surface area contributed by atoms with E-state index in [0.29, 0.717) is 0 Å². The molecule has 0 N–H and O–H groups in total. The van der Waals surface area contributed by atoms with Crippen LogP contribution in [-0.4, -0.2) is 0 Å². The lowest BCUT2D eigenvalue weighted by Crippen LogP contribution is -1.90. The molecular formula is C19H22. The molecule has 0 aliphatic carbocycles. The van der Waals surface area contributed by atoms with E-state index in [2.05, 4.69) is 69.2 Å². The minimum Gasteiger partial charge on any atom is -0.0955 e. The quantitative estimate of drug-likeness (QED) is 0.480. The molecule has 0 nitrogen and oxygen atoms in total. The van der Waals surface area contributed by atoms with Gasteiger partial charge in [0.15, 0.2) is 0 Å². The summed E-state index contributed by atoms with van der Waals surface area (Å²) in [5.41, 5.74) is 12.1. The van der Waals surface area contributed by atoms with Crippen LogP contribution >= 0.6 is 0 Å². The predicted octanol–water partition coefficient (Wildman–Crippen LogP) is 5.62. The zero-order chi connectivity index (χ0) is 14.3. The SMILES string of the molecule is C=C(C)/C(=C/CC(C)=C=C=CC)c1ccccc1C. The largest absolute Gasteiger partial charge is 0.0955 e. The van der Waals surface area contributed by atoms with Gasteiger partial charge in [0.25, 0.3) is 0 Å². The molecule has 0 heterocycles. The van der Waals surface area contributed by atoms with Crippen LogP contribution in [0.4, 0.5) is 0 Å². The maximum atomic E-state index is 4.09. The zero-order valence-electron chi connectivity index (χ0n) is 12.4. The van der Waals surface area contributed by atoms with Crippen molar-refractivity contribution in [2.24, 2.45) is 0 Å². The summed E-state index contributed by atoms with van der Waals surface area (Å²) in [6, 6.07) is 8.42. The normalized spacial score (nSPS) is 10.4. The maximum Gasteiger partial charge on any atom is -0.00496 e. The minimum atomic E-state index is 0.872. The van der Waals surface area contributed by atoms with Crippen LogP contribution in [-0.2, 0) is 0 Å². The van der Waals surface area contributed by atoms with Gasteiger partial charge in [0.05, 0.1) is 0 Å². The van der Waals surface area contributed by atoms with Gasteiger partial charge in [-0.25, -0.2) is 0 Å². The standard InChI is InChI=1S/C19H22/c1-6-7-10-16(4)13-14-18(15(2)3)19-12-9-8-11-17(19)5/h6,8-9,11-12,14H,2,13H2,1,3-5H3/b16-6?,18-14-. The van der Waals surface area contributed by atoms with E-state index >= 15 is 0 Å². The topological polar surface area (TPSA) is 0 Å². The van der Waals surface area contributed by atoms with Crippen molar-refractivity contribution in [1.29, 1.82) is 0 Å². The highest BCUT2D eigenvalue weighted by Gasteiger charge is 2.04. The molecule has 1 rings (SSSR count). The Labute approximate surface area is 117 Å². The van der Waals surface area contributed by atoms with Crippen molar-refractivity contribution in [3.63, 3.8) is 0 Å². The van der Waals surface area contributed by atoms with Crippen molar-refractivity contribution in [3.05, 3.63) is 76.7 Å². The van der Waals surface area contributed by atoms with Gasteiger partial charge >= 0.3 is 0 Å². The van der Waals surface area contributed by atoms with Crippen LogP contribution in [0.3, 0.4) is 0 Å². The van der Waals surface area contributed by atoms with E-state index in [0.717, 1.165) is 12.0 Å². The van der Waals surface area contributed by atoms with Crippen LogP contribution in [0.1, 0.15) is 38.3 Å². The van der Waals surface area contributed by atoms with Gasteiger partial charge in [-0.05, 0) is 62.5 Å². The lowest BCUT2D eigenvalue weighted by Gasteiger charge is -2.10. The lowest BCUT2D eigenvalue weighted by molar-refractivity contribution is 1.22. The molecule has 0 amide bonds. The highest BCUT2D eigenvalue weighted by Crippen LogP contribution is 2.25. The van der Waals surface area contributed by atoms with Crippen molar-refractivity contribution in [1.82, 2.24) is 0 Å². The Morgan fingerprint density at radius 2 is 1.95 bits per heavy atom. The van der Waals surface area contributed by atoms with Crippen molar-refractivity contribution < 1.29 is 0 Å². The first-order valence-electron chi connectivity index (χ1n) is 6.60. The Morgan fingerprint density at radius 3 is 2.53 bits per heavy atom. The second kappa shape index (κ2) is 7.44. The molecule has 0 atom stereocenters. The molecule has 19 heavy (non-hydrogen) atoms. The van der Waals surface area contributed by atoms with E-state index in [9.17, 15) is 0 Å². The molecule has 98 valence electrons. The van der Waals surface area contributed by atoms with Crippen LogP contribution in [0, 0.1) is 6.92 Å². The molecule has 0 aliphatic heterocycles. The van der Waals surface area contributed by atoms with Crippen LogP contribution < -0.4 is 0 Å². The Kier molecular flexibility index (Phi) is 5.90. The second-order valence-electron chi connectivity index (χ2n) is 4.76. The van der Waals surface area contributed by atoms with E-state index in [1.54, 1.807) is 0 Å². The third-order valence-corrected chi connectivity index (χ3v) is 2.94. The smallest absolute Gasteiger partial charge is 0.00496 e. The van der Waals surface area contributed by atoms with Crippen molar-refractivity contribution in [2.45, 2.75) is 34.1 Å². The number of benzene rings is 1. The number of aryl methyl sites for hydroxylation is 1. The summed E-state index contributed by atoms with van der Waals surface area (Å²) in [6.45, 7) is 12.3. The first-order valence-corrected chi connectivity index (χ1v) is 6.60. The molecular weight excluding hydrogens is 228 g/mol. The molecule has 0 saturated carbocycles. The average molecular weight is 250 g/mol. The van der Waals surface area contributed by atoms with Gasteiger partial charge in [-0.2, -0.15) is 0 Å². The van der Waals surface area contributed by atoms with Gasteiger partial charge in [0.2, 0.25) is 0 Å². The molecule has 1 aromatic rings. The number of allylic oxidation sites excluding steroid dienone is 5. The minimum absolute atomic E-state index is 0.872. The van der Waals surface area contributed by atoms with Gasteiger partial charge in [-0.1, -0.05) is 54.0 Å². The summed E-state index contributed by atoms with van der Waals surface area (Å²) in [6.07, 6.45) is 4.97. The molecule has 1 aromatic carbocycles. The molecule has 0 unspecified atom stereocenters. The second-order valence-corrected chi connectivity index (χ2v) is 4.76. The molecule has 0 radical (unpaired) electrons. The molecule has 0 spiro atoms. The van der Waals surface area contributed by atoms with E-state index in [-0.39, 0.29) is 0 Å². The summed E-state index contributed by atoms with van der Waals surface area (Å²) in [5, 5.41) is 0. The molecule has 0 fully saturated rings. The Hall–Kier alpha value is -2.00. The van der Waals surface area contributed by atoms with Gasteiger partial charge in [-0.15, -0.1) is 0 Å². The summed E-state index contributed by atoms with van der Waals surface area (Å²) in [5.74, 6) is 0. The van der Waals surface area contributed by atoms with Crippen LogP contribution in [0.5, 0.6) is 0 Å². The van der Waals surface area contributed by atoms with Gasteiger partial charge in [0.1, 0.15) is 0 Å². The van der Waals surface area contributed by atoms with Crippen molar-refractivity contribution >= 4 is 5.57 Å². The van der Waals surface area contributed by atoms with Gasteiger partial charge in [0, 0.05) is 0 Å². The van der Waals surface area contributed by atoms with Crippen LogP contribution in [0.15, 0.2) is 65.6 Å². The van der Waals surface area contributed by atoms with Crippen LogP contribution in [0.25, 0.3) is 5.57 Å². The highest BCUT2D eigenvalue weighted by molar-refractivity contribution is 5.79. The lowest BCUT2D eigenvalue weighted by atomic mass is 9.94. The fourth-order valence-electron chi connectivity index (χ4n) is 1.89. The van der Waals surface area contributed by atoms with Crippen LogP contribution in [0.2, 0.25) is 0 Å². The Bertz CT molecular complexity index is 584. The summed E-state index contributed by atoms with van der Waals surface area (Å²) in [4.78, 5) is 0. The number of rotatable bonds is 4. The van der Waals surface area contributed by atoms with Crippen molar-refractivity contribution in [3.8, 4) is 0 Å². The highest BCUT2D eigenvalue weighted by atomic mass is 14.1. The number of hydrogen-bond donors (Lipinski definition) is 0. The molecule has 0 aromatic heterocycles. The molecule has 0 heteroatoms. The summed E-state index contributed by atoms with van der Waals surface area (Å²) < 4.78 is 0. The molecule has 0 bridgehead atoms. The van der Waals surface area contributed by atoms with E-state index < -0.39 is 0 Å². The summed E-state index contributed by atoms with van der Waals surface area (Å²) >= 11 is 0. The van der Waals surface area contributed by atoms with E-state index in [1.165, 1.54) is 22.3 Å². The third-order valence-electron chi connectivity index (χ3n) is 2.94.